The summed E-state index contributed by atoms with van der Waals surface area (Å²) < 4.78 is 16.3. The molecule has 6 nitrogen and oxygen atoms in total. The number of fused-ring (bicyclic) bond motifs is 1. The summed E-state index contributed by atoms with van der Waals surface area (Å²) in [5.41, 5.74) is 4.52. The summed E-state index contributed by atoms with van der Waals surface area (Å²) in [5.74, 6) is 0.270. The zero-order valence-electron chi connectivity index (χ0n) is 22.4. The number of aryl methyl sites for hydroxylation is 1. The summed E-state index contributed by atoms with van der Waals surface area (Å²) in [6.07, 6.45) is 1.85. The van der Waals surface area contributed by atoms with Gasteiger partial charge in [-0.3, -0.25) is 9.36 Å². The molecule has 5 rings (SSSR count). The van der Waals surface area contributed by atoms with Crippen LogP contribution in [0, 0.1) is 10.5 Å². The van der Waals surface area contributed by atoms with Crippen LogP contribution < -0.4 is 19.6 Å². The third-order valence-corrected chi connectivity index (χ3v) is 9.43. The molecule has 0 aliphatic carbocycles. The van der Waals surface area contributed by atoms with E-state index in [4.69, 9.17) is 9.47 Å². The molecule has 3 aromatic carbocycles. The number of carbonyl (C=O) groups excluding carboxylic acids is 1. The number of nitrogens with zero attached hydrogens (tertiary/aromatic N) is 2. The number of aromatic nitrogens is 1. The molecule has 0 fully saturated rings. The molecule has 4 aromatic rings. The van der Waals surface area contributed by atoms with Crippen molar-refractivity contribution in [1.82, 2.24) is 4.57 Å². The Morgan fingerprint density at radius 3 is 2.46 bits per heavy atom. The molecule has 10 heteroatoms. The highest BCUT2D eigenvalue weighted by Crippen LogP contribution is 2.33. The van der Waals surface area contributed by atoms with Gasteiger partial charge >= 0.3 is 5.97 Å². The Morgan fingerprint density at radius 1 is 1.10 bits per heavy atom. The van der Waals surface area contributed by atoms with E-state index in [9.17, 15) is 9.59 Å². The molecule has 1 atom stereocenters. The monoisotopic (exact) mass is 806 g/mol. The van der Waals surface area contributed by atoms with Crippen LogP contribution in [0.1, 0.15) is 42.1 Å². The molecule has 0 saturated carbocycles. The first-order valence-electron chi connectivity index (χ1n) is 12.8. The molecule has 0 N–H and O–H groups in total. The fourth-order valence-corrected chi connectivity index (χ4v) is 7.62. The fraction of sp³-hybridized carbons (Fsp3) is 0.194. The molecule has 1 aliphatic heterocycles. The molecule has 0 radical (unpaired) electrons. The Hall–Kier alpha value is -2.54. The summed E-state index contributed by atoms with van der Waals surface area (Å²) >= 11 is 10.7. The van der Waals surface area contributed by atoms with Gasteiger partial charge in [-0.1, -0.05) is 69.2 Å². The quantitative estimate of drug-likeness (QED) is 0.152. The standard InChI is InChI=1S/C31H25Br2IN2O4S/c1-4-39-30(38)26-18(3)35-31-36(27(26)21-9-5-17(2)6-10-21)29(37)25(41-31)15-20-13-23(33)28(24(34)14-20)40-16-19-7-11-22(32)12-8-19/h5-15,27H,4,16H2,1-3H3/b25-15+/t27-/m0/s1. The minimum Gasteiger partial charge on any atom is -0.487 e. The second-order valence-corrected chi connectivity index (χ2v) is 13.4. The molecule has 1 aliphatic rings. The summed E-state index contributed by atoms with van der Waals surface area (Å²) in [7, 11) is 0. The fourth-order valence-electron chi connectivity index (χ4n) is 4.54. The maximum Gasteiger partial charge on any atom is 0.338 e. The van der Waals surface area contributed by atoms with Crippen LogP contribution in [-0.4, -0.2) is 17.1 Å². The smallest absolute Gasteiger partial charge is 0.338 e. The van der Waals surface area contributed by atoms with Crippen LogP contribution in [0.4, 0.5) is 0 Å². The second-order valence-electron chi connectivity index (χ2n) is 9.44. The molecule has 0 saturated heterocycles. The third kappa shape index (κ3) is 6.45. The van der Waals surface area contributed by atoms with E-state index in [1.54, 1.807) is 18.4 Å². The number of carbonyl (C=O) groups is 1. The average molecular weight is 808 g/mol. The predicted octanol–water partition coefficient (Wildman–Crippen LogP) is 6.82. The van der Waals surface area contributed by atoms with Crippen molar-refractivity contribution < 1.29 is 14.3 Å². The molecule has 0 spiro atoms. The maximum absolute atomic E-state index is 13.9. The van der Waals surface area contributed by atoms with Crippen molar-refractivity contribution in [2.75, 3.05) is 6.61 Å². The predicted molar refractivity (Wildman–Crippen MR) is 177 cm³/mol. The number of allylic oxidation sites excluding steroid dienone is 1. The summed E-state index contributed by atoms with van der Waals surface area (Å²) in [6, 6.07) is 19.1. The SMILES string of the molecule is CCOC(=O)C1=C(C)N=c2s/c(=C/c3cc(Br)c(OCc4ccc(Br)cc4)c(I)c3)c(=O)n2[C@H]1c1ccc(C)cc1. The van der Waals surface area contributed by atoms with Gasteiger partial charge in [0.15, 0.2) is 4.80 Å². The Balaban J connectivity index is 1.54. The maximum atomic E-state index is 13.9. The summed E-state index contributed by atoms with van der Waals surface area (Å²) in [4.78, 5) is 32.2. The Labute approximate surface area is 271 Å². The van der Waals surface area contributed by atoms with E-state index in [2.05, 4.69) is 59.4 Å². The molecule has 0 unspecified atom stereocenters. The van der Waals surface area contributed by atoms with Gasteiger partial charge in [0, 0.05) is 4.47 Å². The number of hydrogen-bond donors (Lipinski definition) is 0. The number of ether oxygens (including phenoxy) is 2. The molecular formula is C31H25Br2IN2O4S. The number of hydrogen-bond acceptors (Lipinski definition) is 6. The van der Waals surface area contributed by atoms with Crippen molar-refractivity contribution in [3.8, 4) is 5.75 Å². The topological polar surface area (TPSA) is 69.9 Å². The first-order valence-corrected chi connectivity index (χ1v) is 16.3. The lowest BCUT2D eigenvalue weighted by molar-refractivity contribution is -0.139. The van der Waals surface area contributed by atoms with Crippen molar-refractivity contribution in [2.45, 2.75) is 33.4 Å². The van der Waals surface area contributed by atoms with Gasteiger partial charge in [-0.15, -0.1) is 0 Å². The van der Waals surface area contributed by atoms with Gasteiger partial charge in [0.1, 0.15) is 12.4 Å². The van der Waals surface area contributed by atoms with E-state index in [1.165, 1.54) is 11.3 Å². The van der Waals surface area contributed by atoms with Gasteiger partial charge in [0.25, 0.3) is 5.56 Å². The molecule has 210 valence electrons. The van der Waals surface area contributed by atoms with Crippen LogP contribution in [-0.2, 0) is 16.1 Å². The van der Waals surface area contributed by atoms with E-state index in [0.717, 1.165) is 40.5 Å². The first kappa shape index (κ1) is 29.9. The molecule has 41 heavy (non-hydrogen) atoms. The van der Waals surface area contributed by atoms with Crippen LogP contribution >= 0.6 is 65.8 Å². The van der Waals surface area contributed by atoms with Gasteiger partial charge in [-0.25, -0.2) is 9.79 Å². The van der Waals surface area contributed by atoms with E-state index in [1.807, 2.05) is 73.7 Å². The second kappa shape index (κ2) is 12.8. The third-order valence-electron chi connectivity index (χ3n) is 6.52. The van der Waals surface area contributed by atoms with E-state index >= 15 is 0 Å². The summed E-state index contributed by atoms with van der Waals surface area (Å²) in [5, 5.41) is 0. The van der Waals surface area contributed by atoms with Crippen molar-refractivity contribution in [2.24, 2.45) is 4.99 Å². The van der Waals surface area contributed by atoms with E-state index < -0.39 is 12.0 Å². The normalized spacial score (nSPS) is 15.0. The van der Waals surface area contributed by atoms with Crippen molar-refractivity contribution >= 4 is 77.8 Å². The van der Waals surface area contributed by atoms with Crippen LogP contribution in [0.25, 0.3) is 6.08 Å². The number of halogens is 3. The van der Waals surface area contributed by atoms with Gasteiger partial charge in [-0.2, -0.15) is 0 Å². The van der Waals surface area contributed by atoms with E-state index in [-0.39, 0.29) is 12.2 Å². The number of benzene rings is 3. The molecule has 0 amide bonds. The minimum absolute atomic E-state index is 0.213. The molecule has 2 heterocycles. The number of esters is 1. The first-order chi connectivity index (χ1) is 19.7. The minimum atomic E-state index is -0.630. The Bertz CT molecular complexity index is 1820. The average Bonchev–Trinajstić information content (AvgIpc) is 3.23. The zero-order chi connectivity index (χ0) is 29.3. The van der Waals surface area contributed by atoms with Gasteiger partial charge in [0.2, 0.25) is 0 Å². The molecule has 0 bridgehead atoms. The largest absolute Gasteiger partial charge is 0.487 e. The highest BCUT2D eigenvalue weighted by Gasteiger charge is 2.33. The highest BCUT2D eigenvalue weighted by molar-refractivity contribution is 14.1. The van der Waals surface area contributed by atoms with Crippen molar-refractivity contribution in [1.29, 1.82) is 0 Å². The summed E-state index contributed by atoms with van der Waals surface area (Å²) in [6.45, 7) is 6.22. The van der Waals surface area contributed by atoms with Crippen molar-refractivity contribution in [3.63, 3.8) is 0 Å². The molecule has 1 aromatic heterocycles. The van der Waals surface area contributed by atoms with Gasteiger partial charge in [0.05, 0.1) is 36.5 Å². The van der Waals surface area contributed by atoms with Crippen LogP contribution in [0.2, 0.25) is 0 Å². The molecular weight excluding hydrogens is 783 g/mol. The highest BCUT2D eigenvalue weighted by atomic mass is 127. The van der Waals surface area contributed by atoms with Crippen molar-refractivity contribution in [3.05, 3.63) is 126 Å². The Kier molecular flexibility index (Phi) is 9.32. The lowest BCUT2D eigenvalue weighted by atomic mass is 9.95. The lowest BCUT2D eigenvalue weighted by Crippen LogP contribution is -2.39. The Morgan fingerprint density at radius 2 is 1.80 bits per heavy atom. The zero-order valence-corrected chi connectivity index (χ0v) is 28.6. The van der Waals surface area contributed by atoms with Gasteiger partial charge < -0.3 is 9.47 Å². The number of rotatable bonds is 7. The van der Waals surface area contributed by atoms with Crippen LogP contribution in [0.5, 0.6) is 5.75 Å². The van der Waals surface area contributed by atoms with Crippen LogP contribution in [0.3, 0.4) is 0 Å². The van der Waals surface area contributed by atoms with E-state index in [0.29, 0.717) is 27.2 Å². The number of thiazole rings is 1. The van der Waals surface area contributed by atoms with Crippen LogP contribution in [0.15, 0.2) is 90.7 Å². The lowest BCUT2D eigenvalue weighted by Gasteiger charge is -2.24. The van der Waals surface area contributed by atoms with Gasteiger partial charge in [-0.05, 0) is 106 Å².